The highest BCUT2D eigenvalue weighted by Crippen LogP contribution is 2.37. The standard InChI is InChI=1S/C21H21ClO3/c1-5-6-12-24-19-17(15-10-8-7-9-11-15)13-16(22)14-18(19)20(23)25-21(2,3)4/h1,7-11,13-14H,6,12H2,2-4H3. The molecule has 0 saturated heterocycles. The Balaban J connectivity index is 2.55. The second kappa shape index (κ2) is 8.09. The van der Waals surface area contributed by atoms with Gasteiger partial charge >= 0.3 is 5.97 Å². The third-order valence-corrected chi connectivity index (χ3v) is 3.47. The van der Waals surface area contributed by atoms with Crippen LogP contribution in [0.1, 0.15) is 37.6 Å². The van der Waals surface area contributed by atoms with Crippen molar-refractivity contribution in [2.45, 2.75) is 32.8 Å². The van der Waals surface area contributed by atoms with E-state index >= 15 is 0 Å². The molecule has 0 unspecified atom stereocenters. The van der Waals surface area contributed by atoms with Crippen molar-refractivity contribution in [2.24, 2.45) is 0 Å². The zero-order valence-corrected chi connectivity index (χ0v) is 15.4. The number of hydrogen-bond acceptors (Lipinski definition) is 3. The topological polar surface area (TPSA) is 35.5 Å². The van der Waals surface area contributed by atoms with Crippen LogP contribution in [0.15, 0.2) is 42.5 Å². The van der Waals surface area contributed by atoms with Gasteiger partial charge in [-0.15, -0.1) is 12.3 Å². The summed E-state index contributed by atoms with van der Waals surface area (Å²) >= 11 is 6.25. The summed E-state index contributed by atoms with van der Waals surface area (Å²) in [5.41, 5.74) is 1.29. The van der Waals surface area contributed by atoms with E-state index < -0.39 is 11.6 Å². The van der Waals surface area contributed by atoms with Crippen LogP contribution in [0.5, 0.6) is 5.75 Å². The second-order valence-corrected chi connectivity index (χ2v) is 6.94. The van der Waals surface area contributed by atoms with Gasteiger partial charge in [0.05, 0.1) is 6.61 Å². The van der Waals surface area contributed by atoms with Gasteiger partial charge in [0.25, 0.3) is 0 Å². The fourth-order valence-corrected chi connectivity index (χ4v) is 2.50. The Morgan fingerprint density at radius 3 is 2.48 bits per heavy atom. The van der Waals surface area contributed by atoms with Crippen molar-refractivity contribution in [1.82, 2.24) is 0 Å². The molecule has 25 heavy (non-hydrogen) atoms. The molecule has 0 amide bonds. The molecule has 2 aromatic carbocycles. The van der Waals surface area contributed by atoms with E-state index in [9.17, 15) is 4.79 Å². The maximum Gasteiger partial charge on any atom is 0.342 e. The van der Waals surface area contributed by atoms with Crippen LogP contribution in [-0.4, -0.2) is 18.2 Å². The number of carbonyl (C=O) groups is 1. The van der Waals surface area contributed by atoms with Crippen LogP contribution in [0.4, 0.5) is 0 Å². The summed E-state index contributed by atoms with van der Waals surface area (Å²) in [5, 5.41) is 0.434. The molecule has 0 radical (unpaired) electrons. The quantitative estimate of drug-likeness (QED) is 0.410. The van der Waals surface area contributed by atoms with E-state index in [1.807, 2.05) is 51.1 Å². The van der Waals surface area contributed by atoms with Crippen molar-refractivity contribution in [3.05, 3.63) is 53.1 Å². The number of rotatable bonds is 5. The van der Waals surface area contributed by atoms with Gasteiger partial charge in [-0.2, -0.15) is 0 Å². The number of hydrogen-bond donors (Lipinski definition) is 0. The molecule has 0 fully saturated rings. The normalized spacial score (nSPS) is 10.8. The zero-order chi connectivity index (χ0) is 18.4. The first-order valence-corrected chi connectivity index (χ1v) is 8.38. The Hall–Kier alpha value is -2.44. The highest BCUT2D eigenvalue weighted by Gasteiger charge is 2.24. The summed E-state index contributed by atoms with van der Waals surface area (Å²) < 4.78 is 11.4. The Labute approximate surface area is 153 Å². The highest BCUT2D eigenvalue weighted by molar-refractivity contribution is 6.31. The minimum absolute atomic E-state index is 0.290. The number of terminal acetylenes is 1. The van der Waals surface area contributed by atoms with Gasteiger partial charge in [0.15, 0.2) is 0 Å². The van der Waals surface area contributed by atoms with E-state index in [1.165, 1.54) is 0 Å². The van der Waals surface area contributed by atoms with Crippen LogP contribution in [0.3, 0.4) is 0 Å². The monoisotopic (exact) mass is 356 g/mol. The van der Waals surface area contributed by atoms with Crippen LogP contribution in [-0.2, 0) is 4.74 Å². The molecule has 0 aliphatic heterocycles. The first kappa shape index (κ1) is 18.9. The molecular weight excluding hydrogens is 336 g/mol. The molecule has 130 valence electrons. The summed E-state index contributed by atoms with van der Waals surface area (Å²) in [6.07, 6.45) is 5.74. The highest BCUT2D eigenvalue weighted by atomic mass is 35.5. The van der Waals surface area contributed by atoms with Gasteiger partial charge in [0.1, 0.15) is 16.9 Å². The van der Waals surface area contributed by atoms with Gasteiger partial charge in [0, 0.05) is 17.0 Å². The molecule has 0 N–H and O–H groups in total. The van der Waals surface area contributed by atoms with Gasteiger partial charge in [-0.3, -0.25) is 0 Å². The number of halogens is 1. The summed E-state index contributed by atoms with van der Waals surface area (Å²) in [7, 11) is 0. The molecule has 3 nitrogen and oxygen atoms in total. The molecule has 0 atom stereocenters. The van der Waals surface area contributed by atoms with E-state index in [1.54, 1.807) is 12.1 Å². The van der Waals surface area contributed by atoms with Crippen molar-refractivity contribution < 1.29 is 14.3 Å². The molecular formula is C21H21ClO3. The predicted octanol–water partition coefficient (Wildman–Crippen LogP) is 5.36. The Bertz CT molecular complexity index is 783. The third-order valence-electron chi connectivity index (χ3n) is 3.25. The fraction of sp³-hybridized carbons (Fsp3) is 0.286. The lowest BCUT2D eigenvalue weighted by Gasteiger charge is -2.22. The van der Waals surface area contributed by atoms with Crippen molar-refractivity contribution in [2.75, 3.05) is 6.61 Å². The smallest absolute Gasteiger partial charge is 0.342 e. The lowest BCUT2D eigenvalue weighted by Crippen LogP contribution is -2.24. The van der Waals surface area contributed by atoms with E-state index in [4.69, 9.17) is 27.5 Å². The second-order valence-electron chi connectivity index (χ2n) is 6.50. The summed E-state index contributed by atoms with van der Waals surface area (Å²) in [4.78, 5) is 12.6. The van der Waals surface area contributed by atoms with E-state index in [0.29, 0.717) is 29.4 Å². The number of ether oxygens (including phenoxy) is 2. The average molecular weight is 357 g/mol. The number of benzene rings is 2. The average Bonchev–Trinajstić information content (AvgIpc) is 2.55. The Kier molecular flexibility index (Phi) is 6.12. The summed E-state index contributed by atoms with van der Waals surface area (Å²) in [6.45, 7) is 5.74. The molecule has 4 heteroatoms. The Morgan fingerprint density at radius 2 is 1.88 bits per heavy atom. The minimum atomic E-state index is -0.623. The number of esters is 1. The molecule has 0 bridgehead atoms. The molecule has 0 aliphatic rings. The summed E-state index contributed by atoms with van der Waals surface area (Å²) in [6, 6.07) is 12.9. The van der Waals surface area contributed by atoms with E-state index in [0.717, 1.165) is 11.1 Å². The maximum absolute atomic E-state index is 12.6. The lowest BCUT2D eigenvalue weighted by molar-refractivity contribution is 0.00660. The van der Waals surface area contributed by atoms with Crippen LogP contribution in [0.2, 0.25) is 5.02 Å². The van der Waals surface area contributed by atoms with Crippen LogP contribution >= 0.6 is 11.6 Å². The molecule has 0 heterocycles. The first-order valence-electron chi connectivity index (χ1n) is 8.00. The van der Waals surface area contributed by atoms with Gasteiger partial charge in [-0.25, -0.2) is 4.79 Å². The van der Waals surface area contributed by atoms with Crippen LogP contribution in [0, 0.1) is 12.3 Å². The largest absolute Gasteiger partial charge is 0.491 e. The lowest BCUT2D eigenvalue weighted by atomic mass is 10.0. The molecule has 2 aromatic rings. The van der Waals surface area contributed by atoms with Gasteiger partial charge in [0.2, 0.25) is 0 Å². The third kappa shape index (κ3) is 5.27. The molecule has 0 aliphatic carbocycles. The van der Waals surface area contributed by atoms with Crippen LogP contribution in [0.25, 0.3) is 11.1 Å². The minimum Gasteiger partial charge on any atom is -0.491 e. The van der Waals surface area contributed by atoms with Crippen molar-refractivity contribution in [3.63, 3.8) is 0 Å². The number of carbonyl (C=O) groups excluding carboxylic acids is 1. The fourth-order valence-electron chi connectivity index (χ4n) is 2.28. The molecule has 2 rings (SSSR count). The van der Waals surface area contributed by atoms with Gasteiger partial charge in [-0.05, 0) is 38.5 Å². The SMILES string of the molecule is C#CCCOc1c(C(=O)OC(C)(C)C)cc(Cl)cc1-c1ccccc1. The van der Waals surface area contributed by atoms with E-state index in [2.05, 4.69) is 5.92 Å². The molecule has 0 aromatic heterocycles. The van der Waals surface area contributed by atoms with Gasteiger partial charge in [-0.1, -0.05) is 41.9 Å². The predicted molar refractivity (Wildman–Crippen MR) is 101 cm³/mol. The van der Waals surface area contributed by atoms with Crippen molar-refractivity contribution in [1.29, 1.82) is 0 Å². The van der Waals surface area contributed by atoms with Crippen LogP contribution < -0.4 is 4.74 Å². The van der Waals surface area contributed by atoms with Crippen molar-refractivity contribution >= 4 is 17.6 Å². The first-order chi connectivity index (χ1) is 11.8. The van der Waals surface area contributed by atoms with E-state index in [-0.39, 0.29) is 0 Å². The molecule has 0 spiro atoms. The zero-order valence-electron chi connectivity index (χ0n) is 14.6. The maximum atomic E-state index is 12.6. The summed E-state index contributed by atoms with van der Waals surface area (Å²) in [5.74, 6) is 2.48. The van der Waals surface area contributed by atoms with Crippen molar-refractivity contribution in [3.8, 4) is 29.2 Å². The van der Waals surface area contributed by atoms with Gasteiger partial charge < -0.3 is 9.47 Å². The Morgan fingerprint density at radius 1 is 1.20 bits per heavy atom. The molecule has 0 saturated carbocycles.